The van der Waals surface area contributed by atoms with Gasteiger partial charge in [-0.3, -0.25) is 4.79 Å². The molecule has 0 radical (unpaired) electrons. The Hall–Kier alpha value is -2.15. The molecule has 0 aliphatic heterocycles. The van der Waals surface area contributed by atoms with Crippen LogP contribution in [0.4, 0.5) is 5.00 Å². The number of carbonyl (C=O) groups excluding carboxylic acids is 1. The molecule has 0 aromatic carbocycles. The third-order valence-corrected chi connectivity index (χ3v) is 7.75. The maximum atomic E-state index is 12.2. The largest absolute Gasteiger partial charge is 0.316 e. The minimum Gasteiger partial charge on any atom is -0.316 e. The molecule has 144 valence electrons. The Bertz CT molecular complexity index is 1060. The predicted octanol–water partition coefficient (Wildman–Crippen LogP) is 4.33. The van der Waals surface area contributed by atoms with Crippen LogP contribution in [0.3, 0.4) is 0 Å². The number of aromatic nitrogens is 3. The van der Waals surface area contributed by atoms with Crippen LogP contribution in [0.25, 0.3) is 11.4 Å². The number of anilines is 1. The van der Waals surface area contributed by atoms with Crippen molar-refractivity contribution >= 4 is 45.3 Å². The van der Waals surface area contributed by atoms with Gasteiger partial charge in [0.2, 0.25) is 5.91 Å². The van der Waals surface area contributed by atoms with E-state index in [9.17, 15) is 4.79 Å². The fourth-order valence-electron chi connectivity index (χ4n) is 3.33. The summed E-state index contributed by atoms with van der Waals surface area (Å²) in [5.74, 6) is 1.66. The fourth-order valence-corrected chi connectivity index (χ4v) is 6.03. The summed E-state index contributed by atoms with van der Waals surface area (Å²) >= 11 is 4.51. The molecule has 1 amide bonds. The van der Waals surface area contributed by atoms with E-state index in [0.29, 0.717) is 15.7 Å². The number of nitrogens with zero attached hydrogens (tertiary/aromatic N) is 4. The second-order valence-corrected chi connectivity index (χ2v) is 9.70. The number of carbonyl (C=O) groups is 1. The highest BCUT2D eigenvalue weighted by Gasteiger charge is 2.23. The first-order chi connectivity index (χ1) is 13.6. The summed E-state index contributed by atoms with van der Waals surface area (Å²) in [6, 6.07) is 3.77. The van der Waals surface area contributed by atoms with Crippen LogP contribution in [-0.4, -0.2) is 26.4 Å². The number of thiophene rings is 2. The Balaban J connectivity index is 1.45. The van der Waals surface area contributed by atoms with Gasteiger partial charge in [-0.05, 0) is 42.2 Å². The average Bonchev–Trinajstić information content (AvgIpc) is 3.38. The highest BCUT2D eigenvalue weighted by atomic mass is 32.2. The molecule has 3 heterocycles. The van der Waals surface area contributed by atoms with Gasteiger partial charge in [-0.2, -0.15) is 5.26 Å². The highest BCUT2D eigenvalue weighted by Crippen LogP contribution is 2.38. The molecule has 6 nitrogen and oxygen atoms in total. The number of amides is 1. The van der Waals surface area contributed by atoms with E-state index in [2.05, 4.69) is 33.9 Å². The lowest BCUT2D eigenvalue weighted by molar-refractivity contribution is -0.113. The number of hydrogen-bond acceptors (Lipinski definition) is 7. The second-order valence-electron chi connectivity index (χ2n) is 6.88. The molecule has 1 aliphatic rings. The molecular formula is C19H19N5OS3. The van der Waals surface area contributed by atoms with E-state index in [0.717, 1.165) is 24.6 Å². The Morgan fingerprint density at radius 1 is 1.46 bits per heavy atom. The van der Waals surface area contributed by atoms with Gasteiger partial charge < -0.3 is 9.88 Å². The van der Waals surface area contributed by atoms with Gasteiger partial charge in [0.25, 0.3) is 0 Å². The van der Waals surface area contributed by atoms with E-state index in [1.807, 2.05) is 23.0 Å². The van der Waals surface area contributed by atoms with Crippen LogP contribution in [-0.2, 0) is 24.7 Å². The summed E-state index contributed by atoms with van der Waals surface area (Å²) in [4.78, 5) is 13.7. The molecule has 3 aromatic heterocycles. The van der Waals surface area contributed by atoms with Crippen molar-refractivity contribution in [1.82, 2.24) is 14.8 Å². The Labute approximate surface area is 175 Å². The van der Waals surface area contributed by atoms with Crippen LogP contribution in [0.1, 0.15) is 29.3 Å². The molecule has 1 aliphatic carbocycles. The van der Waals surface area contributed by atoms with Crippen molar-refractivity contribution in [3.63, 3.8) is 0 Å². The third-order valence-electron chi connectivity index (χ3n) is 4.85. The zero-order chi connectivity index (χ0) is 19.7. The molecule has 0 saturated heterocycles. The lowest BCUT2D eigenvalue weighted by Crippen LogP contribution is -2.14. The van der Waals surface area contributed by atoms with E-state index in [4.69, 9.17) is 5.26 Å². The lowest BCUT2D eigenvalue weighted by Gasteiger charge is -2.18. The van der Waals surface area contributed by atoms with Crippen molar-refractivity contribution in [3.8, 4) is 17.5 Å². The van der Waals surface area contributed by atoms with E-state index >= 15 is 0 Å². The topological polar surface area (TPSA) is 83.6 Å². The molecule has 1 atom stereocenters. The summed E-state index contributed by atoms with van der Waals surface area (Å²) in [7, 11) is 1.94. The molecule has 0 bridgehead atoms. The Morgan fingerprint density at radius 2 is 2.32 bits per heavy atom. The predicted molar refractivity (Wildman–Crippen MR) is 114 cm³/mol. The average molecular weight is 430 g/mol. The molecule has 28 heavy (non-hydrogen) atoms. The van der Waals surface area contributed by atoms with Gasteiger partial charge in [0.1, 0.15) is 11.1 Å². The number of fused-ring (bicyclic) bond motifs is 1. The first-order valence-electron chi connectivity index (χ1n) is 8.96. The van der Waals surface area contributed by atoms with Gasteiger partial charge in [-0.25, -0.2) is 0 Å². The molecular weight excluding hydrogens is 410 g/mol. The van der Waals surface area contributed by atoms with Crippen molar-refractivity contribution in [2.75, 3.05) is 11.1 Å². The summed E-state index contributed by atoms with van der Waals surface area (Å²) < 4.78 is 1.96. The van der Waals surface area contributed by atoms with Crippen LogP contribution >= 0.6 is 34.4 Å². The van der Waals surface area contributed by atoms with Crippen LogP contribution in [0, 0.1) is 17.2 Å². The summed E-state index contributed by atoms with van der Waals surface area (Å²) in [6.07, 6.45) is 3.45. The second kappa shape index (κ2) is 8.07. The maximum Gasteiger partial charge on any atom is 0.235 e. The Kier molecular flexibility index (Phi) is 5.53. The van der Waals surface area contributed by atoms with Crippen molar-refractivity contribution in [1.29, 1.82) is 5.26 Å². The van der Waals surface area contributed by atoms with Crippen molar-refractivity contribution in [3.05, 3.63) is 32.8 Å². The van der Waals surface area contributed by atoms with Gasteiger partial charge in [-0.15, -0.1) is 32.9 Å². The smallest absolute Gasteiger partial charge is 0.235 e. The van der Waals surface area contributed by atoms with Gasteiger partial charge >= 0.3 is 0 Å². The summed E-state index contributed by atoms with van der Waals surface area (Å²) in [5.41, 5.74) is 3.07. The molecule has 0 spiro atoms. The number of nitriles is 1. The standard InChI is InChI=1S/C19H19N5OS3/c1-11-3-4-13-14(9-27-15(13)7-11)17-22-23-19(24(17)2)28-10-16(25)21-18-12(8-20)5-6-26-18/h5-6,9,11H,3-4,7,10H2,1-2H3,(H,21,25). The van der Waals surface area contributed by atoms with E-state index < -0.39 is 0 Å². The molecule has 0 fully saturated rings. The van der Waals surface area contributed by atoms with Gasteiger partial charge in [0, 0.05) is 22.9 Å². The van der Waals surface area contributed by atoms with Gasteiger partial charge in [-0.1, -0.05) is 18.7 Å². The van der Waals surface area contributed by atoms with Crippen LogP contribution in [0.5, 0.6) is 0 Å². The van der Waals surface area contributed by atoms with Crippen LogP contribution < -0.4 is 5.32 Å². The van der Waals surface area contributed by atoms with Gasteiger partial charge in [0.05, 0.1) is 11.3 Å². The zero-order valence-electron chi connectivity index (χ0n) is 15.6. The lowest BCUT2D eigenvalue weighted by atomic mass is 9.88. The monoisotopic (exact) mass is 429 g/mol. The van der Waals surface area contributed by atoms with Crippen molar-refractivity contribution < 1.29 is 4.79 Å². The quantitative estimate of drug-likeness (QED) is 0.610. The minimum atomic E-state index is -0.157. The number of nitrogens with one attached hydrogen (secondary N) is 1. The molecule has 1 unspecified atom stereocenters. The van der Waals surface area contributed by atoms with Crippen molar-refractivity contribution in [2.24, 2.45) is 13.0 Å². The number of rotatable bonds is 5. The molecule has 3 aromatic rings. The van der Waals surface area contributed by atoms with E-state index in [-0.39, 0.29) is 11.7 Å². The molecule has 0 saturated carbocycles. The fraction of sp³-hybridized carbons (Fsp3) is 0.368. The normalized spacial score (nSPS) is 15.8. The highest BCUT2D eigenvalue weighted by molar-refractivity contribution is 7.99. The van der Waals surface area contributed by atoms with E-state index in [1.54, 1.807) is 11.4 Å². The van der Waals surface area contributed by atoms with Crippen molar-refractivity contribution in [2.45, 2.75) is 31.3 Å². The third kappa shape index (κ3) is 3.72. The molecule has 1 N–H and O–H groups in total. The number of hydrogen-bond donors (Lipinski definition) is 1. The Morgan fingerprint density at radius 3 is 3.14 bits per heavy atom. The SMILES string of the molecule is CC1CCc2c(-c3nnc(SCC(=O)Nc4sccc4C#N)n3C)csc2C1. The zero-order valence-corrected chi connectivity index (χ0v) is 18.0. The number of thioether (sulfide) groups is 1. The molecule has 4 rings (SSSR count). The maximum absolute atomic E-state index is 12.2. The minimum absolute atomic E-state index is 0.157. The molecule has 9 heteroatoms. The summed E-state index contributed by atoms with van der Waals surface area (Å²) in [6.45, 7) is 2.31. The van der Waals surface area contributed by atoms with Crippen LogP contribution in [0.2, 0.25) is 0 Å². The first-order valence-corrected chi connectivity index (χ1v) is 11.7. The van der Waals surface area contributed by atoms with Gasteiger partial charge in [0.15, 0.2) is 11.0 Å². The summed E-state index contributed by atoms with van der Waals surface area (Å²) in [5, 5.41) is 25.8. The first kappa shape index (κ1) is 19.2. The van der Waals surface area contributed by atoms with Crippen LogP contribution in [0.15, 0.2) is 22.0 Å². The van der Waals surface area contributed by atoms with E-state index in [1.165, 1.54) is 45.5 Å².